The maximum Gasteiger partial charge on any atom is 0.419 e. The van der Waals surface area contributed by atoms with Gasteiger partial charge in [0.25, 0.3) is 0 Å². The number of carbonyl (C=O) groups is 1. The molecule has 0 aliphatic carbocycles. The summed E-state index contributed by atoms with van der Waals surface area (Å²) in [5, 5.41) is 0. The predicted molar refractivity (Wildman–Crippen MR) is 108 cm³/mol. The lowest BCUT2D eigenvalue weighted by molar-refractivity contribution is 0.209. The van der Waals surface area contributed by atoms with Gasteiger partial charge >= 0.3 is 6.09 Å². The summed E-state index contributed by atoms with van der Waals surface area (Å²) in [4.78, 5) is 22.8. The molecule has 0 spiro atoms. The fraction of sp³-hybridized carbons (Fsp3) is 0.136. The molecule has 0 saturated heterocycles. The van der Waals surface area contributed by atoms with Crippen molar-refractivity contribution in [2.75, 3.05) is 11.9 Å². The van der Waals surface area contributed by atoms with Gasteiger partial charge < -0.3 is 9.15 Å². The molecule has 6 nitrogen and oxygen atoms in total. The minimum absolute atomic E-state index is 0.398. The van der Waals surface area contributed by atoms with Gasteiger partial charge in [0, 0.05) is 13.2 Å². The van der Waals surface area contributed by atoms with Crippen LogP contribution in [-0.2, 0) is 0 Å². The summed E-state index contributed by atoms with van der Waals surface area (Å²) in [7, 11) is 1.66. The first-order valence-electron chi connectivity index (χ1n) is 8.86. The Morgan fingerprint density at radius 2 is 1.79 bits per heavy atom. The van der Waals surface area contributed by atoms with Crippen LogP contribution in [0.25, 0.3) is 22.7 Å². The number of benzene rings is 2. The average Bonchev–Trinajstić information content (AvgIpc) is 3.10. The number of nitrogens with zero attached hydrogens (tertiary/aromatic N) is 3. The smallest absolute Gasteiger partial charge is 0.419 e. The molecule has 1 amide bonds. The van der Waals surface area contributed by atoms with E-state index in [2.05, 4.69) is 9.97 Å². The van der Waals surface area contributed by atoms with Crippen molar-refractivity contribution in [2.45, 2.75) is 13.8 Å². The van der Waals surface area contributed by atoms with E-state index in [9.17, 15) is 4.79 Å². The number of hydrogen-bond donors (Lipinski definition) is 0. The number of aromatic nitrogens is 2. The molecule has 4 aromatic rings. The second kappa shape index (κ2) is 7.15. The SMILES string of the molecule is Cc1cc(C)cc(OC(=O)N(C)c2ccccc2-c2nc3ncccc3o2)c1. The molecule has 0 N–H and O–H groups in total. The summed E-state index contributed by atoms with van der Waals surface area (Å²) >= 11 is 0. The number of ether oxygens (including phenoxy) is 1. The van der Waals surface area contributed by atoms with Crippen LogP contribution >= 0.6 is 0 Å². The lowest BCUT2D eigenvalue weighted by Gasteiger charge is -2.19. The van der Waals surface area contributed by atoms with Crippen molar-refractivity contribution < 1.29 is 13.9 Å². The van der Waals surface area contributed by atoms with Crippen LogP contribution in [0.15, 0.2) is 65.2 Å². The van der Waals surface area contributed by atoms with Gasteiger partial charge in [0.1, 0.15) is 5.75 Å². The van der Waals surface area contributed by atoms with Gasteiger partial charge in [-0.3, -0.25) is 4.90 Å². The molecule has 0 saturated carbocycles. The average molecular weight is 373 g/mol. The maximum absolute atomic E-state index is 12.7. The van der Waals surface area contributed by atoms with E-state index in [0.29, 0.717) is 34.1 Å². The molecule has 2 aromatic heterocycles. The number of carbonyl (C=O) groups excluding carboxylic acids is 1. The fourth-order valence-corrected chi connectivity index (χ4v) is 3.09. The Kier molecular flexibility index (Phi) is 4.53. The molecule has 2 heterocycles. The second-order valence-electron chi connectivity index (χ2n) is 6.61. The van der Waals surface area contributed by atoms with Crippen LogP contribution in [0.3, 0.4) is 0 Å². The van der Waals surface area contributed by atoms with Crippen LogP contribution in [0.2, 0.25) is 0 Å². The third-order valence-corrected chi connectivity index (χ3v) is 4.33. The quantitative estimate of drug-likeness (QED) is 0.497. The van der Waals surface area contributed by atoms with Crippen molar-refractivity contribution in [2.24, 2.45) is 0 Å². The largest absolute Gasteiger partial charge is 0.434 e. The van der Waals surface area contributed by atoms with Gasteiger partial charge in [0.05, 0.1) is 11.3 Å². The van der Waals surface area contributed by atoms with E-state index in [1.165, 1.54) is 4.90 Å². The number of aryl methyl sites for hydroxylation is 2. The van der Waals surface area contributed by atoms with Gasteiger partial charge in [-0.2, -0.15) is 4.98 Å². The number of oxazole rings is 1. The number of anilines is 1. The summed E-state index contributed by atoms with van der Waals surface area (Å²) in [6, 6.07) is 16.7. The zero-order chi connectivity index (χ0) is 19.7. The Bertz CT molecular complexity index is 1110. The second-order valence-corrected chi connectivity index (χ2v) is 6.61. The van der Waals surface area contributed by atoms with Gasteiger partial charge in [-0.1, -0.05) is 18.2 Å². The molecule has 0 aliphatic rings. The molecule has 28 heavy (non-hydrogen) atoms. The van der Waals surface area contributed by atoms with Gasteiger partial charge in [0.15, 0.2) is 11.2 Å². The van der Waals surface area contributed by atoms with Crippen molar-refractivity contribution >= 4 is 23.0 Å². The highest BCUT2D eigenvalue weighted by atomic mass is 16.6. The topological polar surface area (TPSA) is 68.5 Å². The summed E-state index contributed by atoms with van der Waals surface area (Å²) in [6.45, 7) is 3.93. The van der Waals surface area contributed by atoms with Gasteiger partial charge in [-0.15, -0.1) is 0 Å². The molecule has 4 rings (SSSR count). The van der Waals surface area contributed by atoms with E-state index in [0.717, 1.165) is 11.1 Å². The number of pyridine rings is 1. The molecular formula is C22H19N3O3. The monoisotopic (exact) mass is 373 g/mol. The number of fused-ring (bicyclic) bond motifs is 1. The van der Waals surface area contributed by atoms with Gasteiger partial charge in [0.2, 0.25) is 5.89 Å². The first kappa shape index (κ1) is 17.7. The summed E-state index contributed by atoms with van der Waals surface area (Å²) < 4.78 is 11.4. The van der Waals surface area contributed by atoms with E-state index in [-0.39, 0.29) is 0 Å². The number of para-hydroxylation sites is 1. The van der Waals surface area contributed by atoms with Crippen molar-refractivity contribution in [1.29, 1.82) is 0 Å². The lowest BCUT2D eigenvalue weighted by atomic mass is 10.1. The Balaban J connectivity index is 1.66. The molecular weight excluding hydrogens is 354 g/mol. The molecule has 0 radical (unpaired) electrons. The maximum atomic E-state index is 12.7. The van der Waals surface area contributed by atoms with Crippen LogP contribution in [0.5, 0.6) is 5.75 Å². The molecule has 0 atom stereocenters. The zero-order valence-corrected chi connectivity index (χ0v) is 15.8. The molecule has 2 aromatic carbocycles. The number of hydrogen-bond acceptors (Lipinski definition) is 5. The Morgan fingerprint density at radius 1 is 1.04 bits per heavy atom. The Hall–Kier alpha value is -3.67. The van der Waals surface area contributed by atoms with Crippen LogP contribution in [-0.4, -0.2) is 23.1 Å². The molecule has 0 aliphatic heterocycles. The molecule has 140 valence electrons. The number of amides is 1. The normalized spacial score (nSPS) is 10.8. The minimum atomic E-state index is -0.494. The van der Waals surface area contributed by atoms with E-state index in [1.54, 1.807) is 25.4 Å². The standard InChI is InChI=1S/C22H19N3O3/c1-14-11-15(2)13-16(12-14)27-22(26)25(3)18-8-5-4-7-17(18)21-24-20-19(28-21)9-6-10-23-20/h4-13H,1-3H3. The van der Waals surface area contributed by atoms with Crippen molar-refractivity contribution in [3.05, 3.63) is 71.9 Å². The summed E-state index contributed by atoms with van der Waals surface area (Å²) in [5.41, 5.74) is 4.49. The van der Waals surface area contributed by atoms with Crippen LogP contribution in [0.4, 0.5) is 10.5 Å². The Morgan fingerprint density at radius 3 is 2.54 bits per heavy atom. The van der Waals surface area contributed by atoms with Crippen LogP contribution in [0.1, 0.15) is 11.1 Å². The number of rotatable bonds is 3. The summed E-state index contributed by atoms with van der Waals surface area (Å²) in [5.74, 6) is 0.910. The minimum Gasteiger partial charge on any atom is -0.434 e. The third kappa shape index (κ3) is 3.44. The molecule has 0 unspecified atom stereocenters. The zero-order valence-electron chi connectivity index (χ0n) is 15.8. The highest BCUT2D eigenvalue weighted by Gasteiger charge is 2.20. The van der Waals surface area contributed by atoms with Crippen molar-refractivity contribution in [1.82, 2.24) is 9.97 Å². The lowest BCUT2D eigenvalue weighted by Crippen LogP contribution is -2.29. The third-order valence-electron chi connectivity index (χ3n) is 4.33. The van der Waals surface area contributed by atoms with Gasteiger partial charge in [-0.25, -0.2) is 9.78 Å². The van der Waals surface area contributed by atoms with E-state index in [4.69, 9.17) is 9.15 Å². The van der Waals surface area contributed by atoms with E-state index in [1.807, 2.05) is 56.3 Å². The van der Waals surface area contributed by atoms with Crippen molar-refractivity contribution in [3.63, 3.8) is 0 Å². The van der Waals surface area contributed by atoms with Crippen LogP contribution < -0.4 is 9.64 Å². The van der Waals surface area contributed by atoms with Crippen molar-refractivity contribution in [3.8, 4) is 17.2 Å². The highest BCUT2D eigenvalue weighted by molar-refractivity contribution is 5.93. The molecule has 0 fully saturated rings. The first-order valence-corrected chi connectivity index (χ1v) is 8.86. The summed E-state index contributed by atoms with van der Waals surface area (Å²) in [6.07, 6.45) is 1.17. The van der Waals surface area contributed by atoms with E-state index >= 15 is 0 Å². The van der Waals surface area contributed by atoms with Gasteiger partial charge in [-0.05, 0) is 61.4 Å². The van der Waals surface area contributed by atoms with Crippen LogP contribution in [0, 0.1) is 13.8 Å². The predicted octanol–water partition coefficient (Wildman–Crippen LogP) is 5.14. The Labute approximate surface area is 162 Å². The molecule has 6 heteroatoms. The molecule has 0 bridgehead atoms. The van der Waals surface area contributed by atoms with E-state index < -0.39 is 6.09 Å². The first-order chi connectivity index (χ1) is 13.5. The highest BCUT2D eigenvalue weighted by Crippen LogP contribution is 2.32. The fourth-order valence-electron chi connectivity index (χ4n) is 3.09.